The van der Waals surface area contributed by atoms with Crippen molar-refractivity contribution in [2.45, 2.75) is 40.0 Å². The summed E-state index contributed by atoms with van der Waals surface area (Å²) in [6.07, 6.45) is 6.47. The van der Waals surface area contributed by atoms with Gasteiger partial charge in [-0.05, 0) is 24.7 Å². The van der Waals surface area contributed by atoms with Crippen LogP contribution in [-0.4, -0.2) is 40.4 Å². The lowest BCUT2D eigenvalue weighted by Gasteiger charge is -2.37. The first-order valence-corrected chi connectivity index (χ1v) is 7.37. The molecule has 1 aromatic heterocycles. The number of hydrogen-bond donors (Lipinski definition) is 1. The van der Waals surface area contributed by atoms with Gasteiger partial charge in [0.1, 0.15) is 11.5 Å². The van der Waals surface area contributed by atoms with E-state index in [1.165, 1.54) is 6.42 Å². The van der Waals surface area contributed by atoms with Crippen LogP contribution in [0, 0.1) is 5.41 Å². The summed E-state index contributed by atoms with van der Waals surface area (Å²) in [4.78, 5) is 22.8. The van der Waals surface area contributed by atoms with Crippen molar-refractivity contribution < 1.29 is 4.79 Å². The molecule has 1 aromatic rings. The molecule has 1 aliphatic heterocycles. The van der Waals surface area contributed by atoms with Gasteiger partial charge in [-0.3, -0.25) is 4.79 Å². The topological polar surface area (TPSA) is 58.1 Å². The summed E-state index contributed by atoms with van der Waals surface area (Å²) in [7, 11) is 0. The highest BCUT2D eigenvalue weighted by atomic mass is 16.2. The molecule has 1 saturated heterocycles. The van der Waals surface area contributed by atoms with Crippen LogP contribution >= 0.6 is 0 Å². The maximum absolute atomic E-state index is 12.4. The zero-order valence-corrected chi connectivity index (χ0v) is 12.6. The molecule has 1 fully saturated rings. The van der Waals surface area contributed by atoms with Gasteiger partial charge in [0.05, 0.1) is 12.4 Å². The maximum atomic E-state index is 12.4. The van der Waals surface area contributed by atoms with Crippen molar-refractivity contribution in [1.82, 2.24) is 14.9 Å². The van der Waals surface area contributed by atoms with Gasteiger partial charge in [-0.15, -0.1) is 0 Å². The van der Waals surface area contributed by atoms with Crippen LogP contribution in [0.2, 0.25) is 0 Å². The van der Waals surface area contributed by atoms with Crippen LogP contribution in [0.4, 0.5) is 5.82 Å². The number of carbonyl (C=O) groups excluding carboxylic acids is 1. The molecule has 0 saturated carbocycles. The number of nitrogens with one attached hydrogen (secondary N) is 1. The molecule has 1 aliphatic rings. The van der Waals surface area contributed by atoms with E-state index in [1.54, 1.807) is 12.4 Å². The largest absolute Gasteiger partial charge is 0.369 e. The van der Waals surface area contributed by atoms with E-state index < -0.39 is 0 Å². The lowest BCUT2D eigenvalue weighted by atomic mass is 9.84. The number of piperidine rings is 1. The third-order valence-electron chi connectivity index (χ3n) is 3.61. The van der Waals surface area contributed by atoms with Crippen molar-refractivity contribution in [2.75, 3.05) is 25.0 Å². The Morgan fingerprint density at radius 3 is 2.80 bits per heavy atom. The average molecular weight is 276 g/mol. The molecule has 0 radical (unpaired) electrons. The number of amides is 1. The molecular formula is C15H24N4O. The average Bonchev–Trinajstić information content (AvgIpc) is 2.44. The van der Waals surface area contributed by atoms with E-state index in [4.69, 9.17) is 0 Å². The van der Waals surface area contributed by atoms with Crippen molar-refractivity contribution in [3.05, 3.63) is 18.1 Å². The van der Waals surface area contributed by atoms with E-state index in [1.807, 2.05) is 4.90 Å². The van der Waals surface area contributed by atoms with Crippen LogP contribution in [0.15, 0.2) is 12.4 Å². The van der Waals surface area contributed by atoms with Gasteiger partial charge >= 0.3 is 0 Å². The zero-order valence-electron chi connectivity index (χ0n) is 12.6. The van der Waals surface area contributed by atoms with E-state index >= 15 is 0 Å². The second-order valence-electron chi connectivity index (χ2n) is 6.21. The predicted octanol–water partition coefficient (Wildman–Crippen LogP) is 2.56. The van der Waals surface area contributed by atoms with Crippen molar-refractivity contribution in [1.29, 1.82) is 0 Å². The predicted molar refractivity (Wildman–Crippen MR) is 79.7 cm³/mol. The Hall–Kier alpha value is -1.65. The fourth-order valence-corrected chi connectivity index (χ4v) is 2.54. The Morgan fingerprint density at radius 1 is 1.40 bits per heavy atom. The van der Waals surface area contributed by atoms with Gasteiger partial charge in [0.2, 0.25) is 0 Å². The number of anilines is 1. The van der Waals surface area contributed by atoms with Crippen LogP contribution in [0.3, 0.4) is 0 Å². The lowest BCUT2D eigenvalue weighted by molar-refractivity contribution is 0.0577. The normalized spacial score (nSPS) is 17.9. The van der Waals surface area contributed by atoms with E-state index in [-0.39, 0.29) is 11.3 Å². The molecule has 0 bridgehead atoms. The van der Waals surface area contributed by atoms with Crippen LogP contribution in [0.1, 0.15) is 50.5 Å². The first-order chi connectivity index (χ1) is 9.52. The van der Waals surface area contributed by atoms with Crippen molar-refractivity contribution in [3.8, 4) is 0 Å². The summed E-state index contributed by atoms with van der Waals surface area (Å²) in [6, 6.07) is 0. The quantitative estimate of drug-likeness (QED) is 0.918. The zero-order chi connectivity index (χ0) is 14.6. The van der Waals surface area contributed by atoms with Crippen molar-refractivity contribution in [2.24, 2.45) is 5.41 Å². The van der Waals surface area contributed by atoms with E-state index in [0.717, 1.165) is 38.3 Å². The number of likely N-dealkylation sites (tertiary alicyclic amines) is 1. The first-order valence-electron chi connectivity index (χ1n) is 7.37. The van der Waals surface area contributed by atoms with E-state index in [9.17, 15) is 4.79 Å². The van der Waals surface area contributed by atoms with Crippen molar-refractivity contribution in [3.63, 3.8) is 0 Å². The van der Waals surface area contributed by atoms with Gasteiger partial charge in [0, 0.05) is 19.6 Å². The Balaban J connectivity index is 2.01. The SMILES string of the molecule is CCCNc1cnc(C(=O)N2CCCC(C)(C)C2)cn1. The Labute approximate surface area is 120 Å². The fraction of sp³-hybridized carbons (Fsp3) is 0.667. The van der Waals surface area contributed by atoms with Crippen LogP contribution in [-0.2, 0) is 0 Å². The van der Waals surface area contributed by atoms with Gasteiger partial charge < -0.3 is 10.2 Å². The smallest absolute Gasteiger partial charge is 0.274 e. The molecule has 20 heavy (non-hydrogen) atoms. The van der Waals surface area contributed by atoms with Gasteiger partial charge in [0.25, 0.3) is 5.91 Å². The minimum atomic E-state index is -0.00711. The van der Waals surface area contributed by atoms with Crippen molar-refractivity contribution >= 4 is 11.7 Å². The van der Waals surface area contributed by atoms with Gasteiger partial charge in [-0.25, -0.2) is 9.97 Å². The molecule has 2 rings (SSSR count). The second kappa shape index (κ2) is 6.20. The summed E-state index contributed by atoms with van der Waals surface area (Å²) >= 11 is 0. The Bertz CT molecular complexity index is 455. The third-order valence-corrected chi connectivity index (χ3v) is 3.61. The van der Waals surface area contributed by atoms with E-state index in [0.29, 0.717) is 5.69 Å². The molecule has 0 spiro atoms. The molecule has 1 amide bonds. The van der Waals surface area contributed by atoms with Crippen LogP contribution in [0.25, 0.3) is 0 Å². The van der Waals surface area contributed by atoms with Gasteiger partial charge in [-0.2, -0.15) is 0 Å². The summed E-state index contributed by atoms with van der Waals surface area (Å²) in [5.41, 5.74) is 0.633. The molecule has 0 atom stereocenters. The molecule has 5 heteroatoms. The fourth-order valence-electron chi connectivity index (χ4n) is 2.54. The molecule has 110 valence electrons. The molecule has 1 N–H and O–H groups in total. The number of rotatable bonds is 4. The minimum absolute atomic E-state index is 0.00711. The van der Waals surface area contributed by atoms with Gasteiger partial charge in [0.15, 0.2) is 0 Å². The van der Waals surface area contributed by atoms with Crippen LogP contribution < -0.4 is 5.32 Å². The number of carbonyl (C=O) groups is 1. The van der Waals surface area contributed by atoms with Gasteiger partial charge in [-0.1, -0.05) is 20.8 Å². The highest BCUT2D eigenvalue weighted by Crippen LogP contribution is 2.28. The number of hydrogen-bond acceptors (Lipinski definition) is 4. The summed E-state index contributed by atoms with van der Waals surface area (Å²) in [5, 5.41) is 3.15. The molecular weight excluding hydrogens is 252 g/mol. The third kappa shape index (κ3) is 3.68. The Kier molecular flexibility index (Phi) is 4.57. The number of nitrogens with zero attached hydrogens (tertiary/aromatic N) is 3. The molecule has 2 heterocycles. The highest BCUT2D eigenvalue weighted by Gasteiger charge is 2.30. The maximum Gasteiger partial charge on any atom is 0.274 e. The molecule has 5 nitrogen and oxygen atoms in total. The molecule has 0 aliphatic carbocycles. The lowest BCUT2D eigenvalue weighted by Crippen LogP contribution is -2.43. The summed E-state index contributed by atoms with van der Waals surface area (Å²) < 4.78 is 0. The molecule has 0 aromatic carbocycles. The Morgan fingerprint density at radius 2 is 2.20 bits per heavy atom. The first kappa shape index (κ1) is 14.8. The second-order valence-corrected chi connectivity index (χ2v) is 6.21. The standard InChI is InChI=1S/C15H24N4O/c1-4-7-16-13-10-17-12(9-18-13)14(20)19-8-5-6-15(2,3)11-19/h9-10H,4-8,11H2,1-3H3,(H,16,18). The summed E-state index contributed by atoms with van der Waals surface area (Å²) in [5.74, 6) is 0.717. The summed E-state index contributed by atoms with van der Waals surface area (Å²) in [6.45, 7) is 8.98. The monoisotopic (exact) mass is 276 g/mol. The van der Waals surface area contributed by atoms with E-state index in [2.05, 4.69) is 36.1 Å². The van der Waals surface area contributed by atoms with Crippen LogP contribution in [0.5, 0.6) is 0 Å². The molecule has 0 unspecified atom stereocenters. The minimum Gasteiger partial charge on any atom is -0.369 e. The number of aromatic nitrogens is 2. The highest BCUT2D eigenvalue weighted by molar-refractivity contribution is 5.92.